The van der Waals surface area contributed by atoms with E-state index in [-0.39, 0.29) is 13.2 Å². The minimum atomic E-state index is -2.01. The van der Waals surface area contributed by atoms with Gasteiger partial charge >= 0.3 is 0 Å². The Morgan fingerprint density at radius 1 is 1.00 bits per heavy atom. The quantitative estimate of drug-likeness (QED) is 0.532. The molecule has 4 N–H and O–H groups in total. The summed E-state index contributed by atoms with van der Waals surface area (Å²) in [5, 5.41) is 40.4. The fourth-order valence-electron chi connectivity index (χ4n) is 2.96. The summed E-state index contributed by atoms with van der Waals surface area (Å²) in [6, 6.07) is 11.1. The molecule has 2 aromatic heterocycles. The molecule has 8 heteroatoms. The van der Waals surface area contributed by atoms with E-state index < -0.39 is 24.1 Å². The molecule has 140 valence electrons. The summed E-state index contributed by atoms with van der Waals surface area (Å²) in [5.74, 6) is -2.01. The normalized spacial score (nSPS) is 29.0. The van der Waals surface area contributed by atoms with Crippen LogP contribution in [0.5, 0.6) is 0 Å². The Bertz CT molecular complexity index is 648. The van der Waals surface area contributed by atoms with E-state index in [1.807, 2.05) is 41.3 Å². The molecule has 1 aliphatic heterocycles. The van der Waals surface area contributed by atoms with Crippen molar-refractivity contribution in [3.05, 3.63) is 60.2 Å². The average Bonchev–Trinajstić information content (AvgIpc) is 2.65. The molecule has 4 unspecified atom stereocenters. The van der Waals surface area contributed by atoms with E-state index in [2.05, 4.69) is 9.97 Å². The maximum Gasteiger partial charge on any atom is 0.207 e. The molecule has 0 saturated carbocycles. The summed E-state index contributed by atoms with van der Waals surface area (Å²) in [5.41, 5.74) is 1.55. The number of aliphatic hydroxyl groups excluding tert-OH is 3. The van der Waals surface area contributed by atoms with Crippen molar-refractivity contribution in [2.45, 2.75) is 37.2 Å². The van der Waals surface area contributed by atoms with E-state index in [9.17, 15) is 20.4 Å². The van der Waals surface area contributed by atoms with Crippen LogP contribution < -0.4 is 0 Å². The van der Waals surface area contributed by atoms with Crippen molar-refractivity contribution < 1.29 is 25.2 Å². The third-order valence-electron chi connectivity index (χ3n) is 4.36. The Kier molecular flexibility index (Phi) is 5.92. The van der Waals surface area contributed by atoms with Crippen molar-refractivity contribution in [1.29, 1.82) is 0 Å². The molecule has 4 atom stereocenters. The maximum atomic E-state index is 10.7. The zero-order valence-electron chi connectivity index (χ0n) is 14.2. The number of aliphatic hydroxyl groups is 4. The third kappa shape index (κ3) is 4.42. The van der Waals surface area contributed by atoms with Gasteiger partial charge in [-0.3, -0.25) is 14.9 Å². The van der Waals surface area contributed by atoms with Crippen LogP contribution in [0.4, 0.5) is 0 Å². The van der Waals surface area contributed by atoms with Crippen LogP contribution in [0, 0.1) is 0 Å². The summed E-state index contributed by atoms with van der Waals surface area (Å²) >= 11 is 0. The number of nitrogens with zero attached hydrogens (tertiary/aromatic N) is 3. The molecule has 0 spiro atoms. The highest BCUT2D eigenvalue weighted by Gasteiger charge is 2.49. The molecule has 26 heavy (non-hydrogen) atoms. The van der Waals surface area contributed by atoms with Gasteiger partial charge in [-0.15, -0.1) is 0 Å². The molecule has 1 aliphatic rings. The fourth-order valence-corrected chi connectivity index (χ4v) is 2.96. The van der Waals surface area contributed by atoms with Crippen LogP contribution in [0.15, 0.2) is 48.8 Å². The van der Waals surface area contributed by atoms with Crippen molar-refractivity contribution in [1.82, 2.24) is 14.9 Å². The first-order valence-electron chi connectivity index (χ1n) is 8.40. The van der Waals surface area contributed by atoms with Gasteiger partial charge in [0.2, 0.25) is 5.79 Å². The smallest absolute Gasteiger partial charge is 0.207 e. The largest absolute Gasteiger partial charge is 0.388 e. The molecule has 3 heterocycles. The van der Waals surface area contributed by atoms with Gasteiger partial charge in [0.1, 0.15) is 18.3 Å². The highest BCUT2D eigenvalue weighted by molar-refractivity contribution is 5.07. The van der Waals surface area contributed by atoms with E-state index in [4.69, 9.17) is 4.74 Å². The number of aromatic nitrogens is 2. The predicted molar refractivity (Wildman–Crippen MR) is 91.5 cm³/mol. The SMILES string of the molecule is OC1COC(O)(CN(Cc2ccccn2)Cc2ccccn2)C(O)C1O. The van der Waals surface area contributed by atoms with Gasteiger partial charge in [-0.05, 0) is 24.3 Å². The van der Waals surface area contributed by atoms with Crippen LogP contribution in [-0.4, -0.2) is 72.5 Å². The maximum absolute atomic E-state index is 10.7. The lowest BCUT2D eigenvalue weighted by Gasteiger charge is -2.43. The second-order valence-electron chi connectivity index (χ2n) is 6.45. The van der Waals surface area contributed by atoms with Crippen LogP contribution in [0.1, 0.15) is 11.4 Å². The van der Waals surface area contributed by atoms with Gasteiger partial charge in [0.25, 0.3) is 0 Å². The topological polar surface area (TPSA) is 119 Å². The lowest BCUT2D eigenvalue weighted by atomic mass is 9.96. The number of rotatable bonds is 6. The lowest BCUT2D eigenvalue weighted by Crippen LogP contribution is -2.64. The molecule has 2 aromatic rings. The average molecular weight is 361 g/mol. The van der Waals surface area contributed by atoms with Crippen LogP contribution in [0.3, 0.4) is 0 Å². The van der Waals surface area contributed by atoms with Crippen LogP contribution in [-0.2, 0) is 17.8 Å². The first-order chi connectivity index (χ1) is 12.5. The second kappa shape index (κ2) is 8.17. The Balaban J connectivity index is 1.78. The minimum Gasteiger partial charge on any atom is -0.388 e. The standard InChI is InChI=1S/C18H23N3O5/c22-15-11-26-18(25,17(24)16(15)23)12-21(9-13-5-1-3-7-19-13)10-14-6-2-4-8-20-14/h1-8,15-17,22-25H,9-12H2. The molecule has 0 aromatic carbocycles. The van der Waals surface area contributed by atoms with E-state index in [1.165, 1.54) is 0 Å². The summed E-state index contributed by atoms with van der Waals surface area (Å²) in [6.45, 7) is 0.406. The number of hydrogen-bond donors (Lipinski definition) is 4. The lowest BCUT2D eigenvalue weighted by molar-refractivity contribution is -0.326. The Morgan fingerprint density at radius 2 is 1.58 bits per heavy atom. The minimum absolute atomic E-state index is 0.0922. The molecule has 0 amide bonds. The zero-order valence-corrected chi connectivity index (χ0v) is 14.2. The van der Waals surface area contributed by atoms with Crippen molar-refractivity contribution in [3.8, 4) is 0 Å². The number of ether oxygens (including phenoxy) is 1. The molecular weight excluding hydrogens is 338 g/mol. The summed E-state index contributed by atoms with van der Waals surface area (Å²) < 4.78 is 5.28. The summed E-state index contributed by atoms with van der Waals surface area (Å²) in [6.07, 6.45) is -1.02. The van der Waals surface area contributed by atoms with Crippen LogP contribution in [0.25, 0.3) is 0 Å². The fraction of sp³-hybridized carbons (Fsp3) is 0.444. The molecule has 0 aliphatic carbocycles. The molecule has 1 fully saturated rings. The van der Waals surface area contributed by atoms with Crippen molar-refractivity contribution >= 4 is 0 Å². The Labute approximate surface area is 151 Å². The van der Waals surface area contributed by atoms with Gasteiger partial charge in [0.15, 0.2) is 0 Å². The van der Waals surface area contributed by atoms with E-state index >= 15 is 0 Å². The molecule has 1 saturated heterocycles. The zero-order chi connectivity index (χ0) is 18.6. The van der Waals surface area contributed by atoms with Crippen LogP contribution in [0.2, 0.25) is 0 Å². The predicted octanol–water partition coefficient (Wildman–Crippen LogP) is -0.720. The van der Waals surface area contributed by atoms with E-state index in [0.717, 1.165) is 11.4 Å². The first-order valence-corrected chi connectivity index (χ1v) is 8.40. The molecular formula is C18H23N3O5. The van der Waals surface area contributed by atoms with Gasteiger partial charge < -0.3 is 25.2 Å². The summed E-state index contributed by atoms with van der Waals surface area (Å²) in [4.78, 5) is 10.4. The first kappa shape index (κ1) is 18.8. The van der Waals surface area contributed by atoms with Crippen LogP contribution >= 0.6 is 0 Å². The Hall–Kier alpha value is -1.94. The van der Waals surface area contributed by atoms with Crippen molar-refractivity contribution in [2.75, 3.05) is 13.2 Å². The van der Waals surface area contributed by atoms with Crippen molar-refractivity contribution in [2.24, 2.45) is 0 Å². The van der Waals surface area contributed by atoms with Gasteiger partial charge in [0.05, 0.1) is 24.5 Å². The van der Waals surface area contributed by atoms with Gasteiger partial charge in [0, 0.05) is 25.5 Å². The monoisotopic (exact) mass is 361 g/mol. The Morgan fingerprint density at radius 3 is 2.08 bits per heavy atom. The van der Waals surface area contributed by atoms with Gasteiger partial charge in [-0.2, -0.15) is 0 Å². The highest BCUT2D eigenvalue weighted by Crippen LogP contribution is 2.26. The number of pyridine rings is 2. The van der Waals surface area contributed by atoms with E-state index in [1.54, 1.807) is 12.4 Å². The number of hydrogen-bond acceptors (Lipinski definition) is 8. The summed E-state index contributed by atoms with van der Waals surface area (Å²) in [7, 11) is 0. The van der Waals surface area contributed by atoms with Gasteiger partial charge in [-0.1, -0.05) is 12.1 Å². The molecule has 3 rings (SSSR count). The van der Waals surface area contributed by atoms with E-state index in [0.29, 0.717) is 13.1 Å². The van der Waals surface area contributed by atoms with Crippen molar-refractivity contribution in [3.63, 3.8) is 0 Å². The van der Waals surface area contributed by atoms with Gasteiger partial charge in [-0.25, -0.2) is 0 Å². The third-order valence-corrected chi connectivity index (χ3v) is 4.36. The molecule has 0 radical (unpaired) electrons. The molecule has 0 bridgehead atoms. The highest BCUT2D eigenvalue weighted by atomic mass is 16.6. The molecule has 8 nitrogen and oxygen atoms in total. The second-order valence-corrected chi connectivity index (χ2v) is 6.45.